The zero-order valence-electron chi connectivity index (χ0n) is 12.1. The molecule has 6 nitrogen and oxygen atoms in total. The van der Waals surface area contributed by atoms with Crippen molar-refractivity contribution < 1.29 is 8.42 Å². The summed E-state index contributed by atoms with van der Waals surface area (Å²) in [6.45, 7) is 5.17. The van der Waals surface area contributed by atoms with Crippen LogP contribution < -0.4 is 10.6 Å². The van der Waals surface area contributed by atoms with Crippen LogP contribution in [0, 0.1) is 5.92 Å². The highest BCUT2D eigenvalue weighted by atomic mass is 127. The van der Waals surface area contributed by atoms with Crippen molar-refractivity contribution in [3.63, 3.8) is 0 Å². The maximum atomic E-state index is 11.3. The van der Waals surface area contributed by atoms with Crippen LogP contribution in [-0.4, -0.2) is 70.1 Å². The molecule has 0 aromatic rings. The van der Waals surface area contributed by atoms with Crippen LogP contribution in [0.3, 0.4) is 0 Å². The maximum absolute atomic E-state index is 11.3. The first-order valence-electron chi connectivity index (χ1n) is 6.90. The normalized spacial score (nSPS) is 29.4. The van der Waals surface area contributed by atoms with Gasteiger partial charge in [-0.05, 0) is 12.3 Å². The summed E-state index contributed by atoms with van der Waals surface area (Å²) in [6, 6.07) is 0.561. The molecule has 2 atom stereocenters. The van der Waals surface area contributed by atoms with Gasteiger partial charge in [-0.15, -0.1) is 24.0 Å². The number of nitrogens with one attached hydrogen (secondary N) is 2. The van der Waals surface area contributed by atoms with Crippen LogP contribution in [0.25, 0.3) is 0 Å². The molecule has 1 heterocycles. The van der Waals surface area contributed by atoms with Crippen molar-refractivity contribution in [3.05, 3.63) is 0 Å². The maximum Gasteiger partial charge on any atom is 0.191 e. The SMILES string of the molecule is CN=C(NCCN1CCS(=O)(=O)CC1)NC1CC1C.I. The van der Waals surface area contributed by atoms with Crippen molar-refractivity contribution in [1.29, 1.82) is 0 Å². The second kappa shape index (κ2) is 7.79. The Morgan fingerprint density at radius 2 is 1.95 bits per heavy atom. The van der Waals surface area contributed by atoms with Gasteiger partial charge in [0.1, 0.15) is 0 Å². The average Bonchev–Trinajstić information content (AvgIpc) is 3.06. The summed E-state index contributed by atoms with van der Waals surface area (Å²) in [4.78, 5) is 6.37. The summed E-state index contributed by atoms with van der Waals surface area (Å²) in [5.74, 6) is 2.17. The molecule has 2 rings (SSSR count). The molecular formula is C12H25IN4O2S. The molecule has 1 aliphatic heterocycles. The Hall–Kier alpha value is -0.0900. The Balaban J connectivity index is 0.00000200. The van der Waals surface area contributed by atoms with Crippen LogP contribution in [0.4, 0.5) is 0 Å². The first kappa shape index (κ1) is 18.0. The van der Waals surface area contributed by atoms with Crippen LogP contribution in [0.5, 0.6) is 0 Å². The summed E-state index contributed by atoms with van der Waals surface area (Å²) in [5, 5.41) is 6.64. The monoisotopic (exact) mass is 416 g/mol. The van der Waals surface area contributed by atoms with Crippen molar-refractivity contribution in [1.82, 2.24) is 15.5 Å². The van der Waals surface area contributed by atoms with Gasteiger partial charge < -0.3 is 10.6 Å². The van der Waals surface area contributed by atoms with Gasteiger partial charge in [-0.3, -0.25) is 9.89 Å². The predicted molar refractivity (Wildman–Crippen MR) is 92.6 cm³/mol. The van der Waals surface area contributed by atoms with E-state index in [4.69, 9.17) is 0 Å². The molecule has 8 heteroatoms. The van der Waals surface area contributed by atoms with Crippen LogP contribution in [-0.2, 0) is 9.84 Å². The Kier molecular flexibility index (Phi) is 6.99. The minimum atomic E-state index is -2.77. The second-order valence-electron chi connectivity index (χ2n) is 5.46. The van der Waals surface area contributed by atoms with Gasteiger partial charge in [0.25, 0.3) is 0 Å². The number of hydrogen-bond donors (Lipinski definition) is 2. The molecule has 118 valence electrons. The van der Waals surface area contributed by atoms with E-state index in [1.165, 1.54) is 6.42 Å². The Labute approximate surface area is 138 Å². The van der Waals surface area contributed by atoms with Gasteiger partial charge in [-0.25, -0.2) is 8.42 Å². The quantitative estimate of drug-likeness (QED) is 0.381. The molecule has 2 unspecified atom stereocenters. The van der Waals surface area contributed by atoms with E-state index >= 15 is 0 Å². The Morgan fingerprint density at radius 3 is 2.45 bits per heavy atom. The van der Waals surface area contributed by atoms with Crippen LogP contribution >= 0.6 is 24.0 Å². The number of nitrogens with zero attached hydrogens (tertiary/aromatic N) is 2. The van der Waals surface area contributed by atoms with Gasteiger partial charge in [0.05, 0.1) is 11.5 Å². The highest BCUT2D eigenvalue weighted by Crippen LogP contribution is 2.28. The van der Waals surface area contributed by atoms with Crippen molar-refractivity contribution in [2.45, 2.75) is 19.4 Å². The smallest absolute Gasteiger partial charge is 0.191 e. The zero-order chi connectivity index (χ0) is 13.9. The molecule has 1 aliphatic carbocycles. The van der Waals surface area contributed by atoms with Crippen LogP contribution in [0.15, 0.2) is 4.99 Å². The minimum Gasteiger partial charge on any atom is -0.355 e. The van der Waals surface area contributed by atoms with E-state index in [9.17, 15) is 8.42 Å². The van der Waals surface area contributed by atoms with E-state index in [1.807, 2.05) is 0 Å². The molecule has 0 radical (unpaired) electrons. The molecule has 0 aromatic heterocycles. The number of halogens is 1. The summed E-state index contributed by atoms with van der Waals surface area (Å²) in [5.41, 5.74) is 0. The number of rotatable bonds is 4. The van der Waals surface area contributed by atoms with Gasteiger partial charge in [0.2, 0.25) is 0 Å². The van der Waals surface area contributed by atoms with E-state index in [2.05, 4.69) is 27.4 Å². The van der Waals surface area contributed by atoms with E-state index in [1.54, 1.807) is 7.05 Å². The standard InChI is InChI=1S/C12H24N4O2S.HI/c1-10-9-11(10)15-12(13-2)14-3-4-16-5-7-19(17,18)8-6-16;/h10-11H,3-9H2,1-2H3,(H2,13,14,15);1H. The molecule has 2 aliphatic rings. The first-order valence-corrected chi connectivity index (χ1v) is 8.72. The van der Waals surface area contributed by atoms with Crippen LogP contribution in [0.1, 0.15) is 13.3 Å². The summed E-state index contributed by atoms with van der Waals surface area (Å²) >= 11 is 0. The third-order valence-corrected chi connectivity index (χ3v) is 5.42. The molecule has 0 amide bonds. The highest BCUT2D eigenvalue weighted by molar-refractivity contribution is 14.0. The molecule has 2 fully saturated rings. The largest absolute Gasteiger partial charge is 0.355 e. The highest BCUT2D eigenvalue weighted by Gasteiger charge is 2.33. The Morgan fingerprint density at radius 1 is 1.35 bits per heavy atom. The van der Waals surface area contributed by atoms with Gasteiger partial charge in [-0.2, -0.15) is 0 Å². The van der Waals surface area contributed by atoms with E-state index in [0.717, 1.165) is 25.0 Å². The summed E-state index contributed by atoms with van der Waals surface area (Å²) in [6.07, 6.45) is 1.21. The molecule has 2 N–H and O–H groups in total. The lowest BCUT2D eigenvalue weighted by atomic mass is 10.4. The van der Waals surface area contributed by atoms with E-state index < -0.39 is 9.84 Å². The van der Waals surface area contributed by atoms with Gasteiger partial charge in [0, 0.05) is 39.3 Å². The van der Waals surface area contributed by atoms with Crippen molar-refractivity contribution in [3.8, 4) is 0 Å². The number of hydrogen-bond acceptors (Lipinski definition) is 4. The molecule has 0 spiro atoms. The predicted octanol–water partition coefficient (Wildman–Crippen LogP) is -0.0918. The topological polar surface area (TPSA) is 73.8 Å². The molecular weight excluding hydrogens is 391 g/mol. The minimum absolute atomic E-state index is 0. The average molecular weight is 416 g/mol. The molecule has 1 saturated heterocycles. The van der Waals surface area contributed by atoms with E-state index in [0.29, 0.717) is 30.6 Å². The Bertz CT molecular complexity index is 427. The number of aliphatic imine (C=N–C) groups is 1. The number of guanidine groups is 1. The first-order chi connectivity index (χ1) is 9.00. The van der Waals surface area contributed by atoms with Crippen molar-refractivity contribution in [2.75, 3.05) is 44.7 Å². The number of sulfone groups is 1. The molecule has 0 aromatic carbocycles. The lowest BCUT2D eigenvalue weighted by Crippen LogP contribution is -2.46. The lowest BCUT2D eigenvalue weighted by molar-refractivity contribution is 0.299. The van der Waals surface area contributed by atoms with Gasteiger partial charge in [0.15, 0.2) is 15.8 Å². The van der Waals surface area contributed by atoms with Gasteiger partial charge >= 0.3 is 0 Å². The summed E-state index contributed by atoms with van der Waals surface area (Å²) < 4.78 is 22.6. The lowest BCUT2D eigenvalue weighted by Gasteiger charge is -2.26. The van der Waals surface area contributed by atoms with Crippen molar-refractivity contribution in [2.24, 2.45) is 10.9 Å². The third kappa shape index (κ3) is 5.72. The fourth-order valence-corrected chi connectivity index (χ4v) is 3.48. The third-order valence-electron chi connectivity index (χ3n) is 3.81. The zero-order valence-corrected chi connectivity index (χ0v) is 15.3. The van der Waals surface area contributed by atoms with Crippen molar-refractivity contribution >= 4 is 39.8 Å². The fraction of sp³-hybridized carbons (Fsp3) is 0.917. The molecule has 0 bridgehead atoms. The molecule has 20 heavy (non-hydrogen) atoms. The molecule has 1 saturated carbocycles. The van der Waals surface area contributed by atoms with E-state index in [-0.39, 0.29) is 24.0 Å². The fourth-order valence-electron chi connectivity index (χ4n) is 2.20. The van der Waals surface area contributed by atoms with Crippen LogP contribution in [0.2, 0.25) is 0 Å². The van der Waals surface area contributed by atoms with Gasteiger partial charge in [-0.1, -0.05) is 6.92 Å². The second-order valence-corrected chi connectivity index (χ2v) is 7.76. The summed E-state index contributed by atoms with van der Waals surface area (Å²) in [7, 11) is -1.000.